The molecule has 3 aromatic carbocycles. The molecule has 0 saturated carbocycles. The van der Waals surface area contributed by atoms with E-state index in [1.54, 1.807) is 49.4 Å². The van der Waals surface area contributed by atoms with E-state index >= 15 is 0 Å². The highest BCUT2D eigenvalue weighted by Gasteiger charge is 2.67. The van der Waals surface area contributed by atoms with Gasteiger partial charge in [-0.3, -0.25) is 14.5 Å². The van der Waals surface area contributed by atoms with E-state index < -0.39 is 23.7 Å². The van der Waals surface area contributed by atoms with Crippen LogP contribution in [0.1, 0.15) is 27.0 Å². The predicted molar refractivity (Wildman–Crippen MR) is 122 cm³/mol. The minimum Gasteiger partial charge on any atom is -0.312 e. The Hall–Kier alpha value is -3.94. The van der Waals surface area contributed by atoms with Crippen LogP contribution in [0.15, 0.2) is 89.9 Å². The van der Waals surface area contributed by atoms with Crippen LogP contribution in [-0.4, -0.2) is 40.9 Å². The Kier molecular flexibility index (Phi) is 6.24. The Labute approximate surface area is 194 Å². The maximum Gasteiger partial charge on any atom is 0.442 e. The van der Waals surface area contributed by atoms with E-state index in [-0.39, 0.29) is 17.9 Å². The van der Waals surface area contributed by atoms with Crippen LogP contribution >= 0.6 is 0 Å². The number of carbonyl (C=O) groups is 2. The SMILES string of the molecule is Cc1ccc(C(=O)N[C@@]2(C(F)(F)F)N=C(c3ccccc3)N(CCc3ccccc3)C2=O)cc1. The standard InChI is InChI=1S/C26H22F3N3O2/c1-18-12-14-21(15-13-18)23(33)31-25(26(27,28)29)24(34)32(17-16-19-8-4-2-5-9-19)22(30-25)20-10-6-3-7-11-20/h2-15H,16-17H2,1H3,(H,31,33)/t25-/m0/s1. The quantitative estimate of drug-likeness (QED) is 0.582. The molecule has 1 N–H and O–H groups in total. The first-order chi connectivity index (χ1) is 16.2. The molecule has 1 aliphatic rings. The van der Waals surface area contributed by atoms with Crippen molar-refractivity contribution in [1.29, 1.82) is 0 Å². The number of carbonyl (C=O) groups excluding carboxylic acids is 2. The van der Waals surface area contributed by atoms with Gasteiger partial charge < -0.3 is 5.32 Å². The van der Waals surface area contributed by atoms with Gasteiger partial charge in [-0.15, -0.1) is 0 Å². The molecule has 0 fully saturated rings. The van der Waals surface area contributed by atoms with Crippen molar-refractivity contribution >= 4 is 17.6 Å². The Morgan fingerprint density at radius 1 is 0.941 bits per heavy atom. The Balaban J connectivity index is 1.74. The van der Waals surface area contributed by atoms with E-state index in [2.05, 4.69) is 4.99 Å². The van der Waals surface area contributed by atoms with E-state index in [1.807, 2.05) is 35.6 Å². The summed E-state index contributed by atoms with van der Waals surface area (Å²) in [5, 5.41) is 1.90. The van der Waals surface area contributed by atoms with Gasteiger partial charge in [0.15, 0.2) is 0 Å². The summed E-state index contributed by atoms with van der Waals surface area (Å²) >= 11 is 0. The molecule has 3 aromatic rings. The van der Waals surface area contributed by atoms with Gasteiger partial charge in [0.05, 0.1) is 0 Å². The highest BCUT2D eigenvalue weighted by molar-refractivity contribution is 6.16. The number of rotatable bonds is 6. The molecule has 0 unspecified atom stereocenters. The lowest BCUT2D eigenvalue weighted by Gasteiger charge is -2.29. The third-order valence-electron chi connectivity index (χ3n) is 5.60. The van der Waals surface area contributed by atoms with Crippen LogP contribution in [0.4, 0.5) is 13.2 Å². The van der Waals surface area contributed by atoms with Gasteiger partial charge in [0, 0.05) is 17.7 Å². The molecule has 1 atom stereocenters. The van der Waals surface area contributed by atoms with Crippen molar-refractivity contribution in [3.05, 3.63) is 107 Å². The number of alkyl halides is 3. The highest BCUT2D eigenvalue weighted by atomic mass is 19.4. The fraction of sp³-hybridized carbons (Fsp3) is 0.192. The van der Waals surface area contributed by atoms with Crippen LogP contribution in [0.3, 0.4) is 0 Å². The normalized spacial score (nSPS) is 18.1. The first-order valence-electron chi connectivity index (χ1n) is 10.7. The lowest BCUT2D eigenvalue weighted by Crippen LogP contribution is -2.63. The third kappa shape index (κ3) is 4.44. The summed E-state index contributed by atoms with van der Waals surface area (Å²) in [6.07, 6.45) is -4.84. The number of amidine groups is 1. The number of amides is 2. The van der Waals surface area contributed by atoms with Crippen LogP contribution in [-0.2, 0) is 11.2 Å². The van der Waals surface area contributed by atoms with Gasteiger partial charge in [0.1, 0.15) is 5.84 Å². The zero-order valence-corrected chi connectivity index (χ0v) is 18.3. The van der Waals surface area contributed by atoms with Crippen LogP contribution in [0.25, 0.3) is 0 Å². The average molecular weight is 465 g/mol. The van der Waals surface area contributed by atoms with Crippen molar-refractivity contribution in [3.8, 4) is 0 Å². The van der Waals surface area contributed by atoms with E-state index in [0.717, 1.165) is 16.0 Å². The van der Waals surface area contributed by atoms with Gasteiger partial charge in [0.2, 0.25) is 0 Å². The van der Waals surface area contributed by atoms with Gasteiger partial charge in [-0.05, 0) is 31.0 Å². The summed E-state index contributed by atoms with van der Waals surface area (Å²) in [4.78, 5) is 31.0. The maximum absolute atomic E-state index is 14.5. The van der Waals surface area contributed by atoms with Crippen molar-refractivity contribution in [3.63, 3.8) is 0 Å². The summed E-state index contributed by atoms with van der Waals surface area (Å²) in [7, 11) is 0. The number of benzene rings is 3. The summed E-state index contributed by atoms with van der Waals surface area (Å²) < 4.78 is 43.4. The van der Waals surface area contributed by atoms with E-state index in [4.69, 9.17) is 0 Å². The molecule has 8 heteroatoms. The second kappa shape index (κ2) is 9.13. The monoisotopic (exact) mass is 465 g/mol. The highest BCUT2D eigenvalue weighted by Crippen LogP contribution is 2.38. The molecule has 5 nitrogen and oxygen atoms in total. The predicted octanol–water partition coefficient (Wildman–Crippen LogP) is 4.52. The molecule has 2 amide bonds. The van der Waals surface area contributed by atoms with Crippen LogP contribution < -0.4 is 5.32 Å². The second-order valence-corrected chi connectivity index (χ2v) is 8.02. The fourth-order valence-corrected chi connectivity index (χ4v) is 3.74. The molecule has 174 valence electrons. The van der Waals surface area contributed by atoms with Crippen molar-refractivity contribution < 1.29 is 22.8 Å². The molecular weight excluding hydrogens is 443 g/mol. The van der Waals surface area contributed by atoms with E-state index in [9.17, 15) is 22.8 Å². The molecule has 4 rings (SSSR count). The number of nitrogens with one attached hydrogen (secondary N) is 1. The Morgan fingerprint density at radius 3 is 2.12 bits per heavy atom. The van der Waals surface area contributed by atoms with E-state index in [0.29, 0.717) is 12.0 Å². The average Bonchev–Trinajstić information content (AvgIpc) is 3.12. The lowest BCUT2D eigenvalue weighted by atomic mass is 10.1. The van der Waals surface area contributed by atoms with Crippen molar-refractivity contribution in [2.75, 3.05) is 6.54 Å². The van der Waals surface area contributed by atoms with Gasteiger partial charge in [-0.25, -0.2) is 4.99 Å². The van der Waals surface area contributed by atoms with Crippen LogP contribution in [0, 0.1) is 6.92 Å². The molecule has 1 heterocycles. The molecule has 1 aliphatic heterocycles. The Morgan fingerprint density at radius 2 is 1.53 bits per heavy atom. The number of hydrogen-bond donors (Lipinski definition) is 1. The lowest BCUT2D eigenvalue weighted by molar-refractivity contribution is -0.196. The first kappa shape index (κ1) is 23.2. The molecule has 0 spiro atoms. The molecule has 34 heavy (non-hydrogen) atoms. The number of nitrogens with zero attached hydrogens (tertiary/aromatic N) is 2. The van der Waals surface area contributed by atoms with Crippen molar-refractivity contribution in [1.82, 2.24) is 10.2 Å². The van der Waals surface area contributed by atoms with Crippen molar-refractivity contribution in [2.24, 2.45) is 4.99 Å². The minimum atomic E-state index is -5.16. The fourth-order valence-electron chi connectivity index (χ4n) is 3.74. The molecule has 0 aliphatic carbocycles. The summed E-state index contributed by atoms with van der Waals surface area (Å²) in [6.45, 7) is 1.76. The molecular formula is C26H22F3N3O2. The minimum absolute atomic E-state index is 0.00113. The second-order valence-electron chi connectivity index (χ2n) is 8.02. The molecule has 0 bridgehead atoms. The van der Waals surface area contributed by atoms with Crippen molar-refractivity contribution in [2.45, 2.75) is 25.2 Å². The largest absolute Gasteiger partial charge is 0.442 e. The van der Waals surface area contributed by atoms with E-state index in [1.165, 1.54) is 12.1 Å². The smallest absolute Gasteiger partial charge is 0.312 e. The zero-order chi connectivity index (χ0) is 24.3. The van der Waals surface area contributed by atoms with Crippen LogP contribution in [0.2, 0.25) is 0 Å². The summed E-state index contributed by atoms with van der Waals surface area (Å²) in [6, 6.07) is 23.3. The molecule has 0 saturated heterocycles. The Bertz CT molecular complexity index is 1210. The number of aryl methyl sites for hydroxylation is 1. The topological polar surface area (TPSA) is 61.8 Å². The molecule has 0 aromatic heterocycles. The maximum atomic E-state index is 14.5. The first-order valence-corrected chi connectivity index (χ1v) is 10.7. The number of aliphatic imine (C=N–C) groups is 1. The number of halogens is 3. The third-order valence-corrected chi connectivity index (χ3v) is 5.60. The van der Waals surface area contributed by atoms with Gasteiger partial charge in [-0.1, -0.05) is 78.4 Å². The molecule has 0 radical (unpaired) electrons. The van der Waals surface area contributed by atoms with Crippen LogP contribution in [0.5, 0.6) is 0 Å². The van der Waals surface area contributed by atoms with Gasteiger partial charge >= 0.3 is 11.8 Å². The summed E-state index contributed by atoms with van der Waals surface area (Å²) in [5.74, 6) is -2.51. The number of hydrogen-bond acceptors (Lipinski definition) is 3. The van der Waals surface area contributed by atoms with Gasteiger partial charge in [-0.2, -0.15) is 13.2 Å². The zero-order valence-electron chi connectivity index (χ0n) is 18.3. The summed E-state index contributed by atoms with van der Waals surface area (Å²) in [5.41, 5.74) is -1.37. The van der Waals surface area contributed by atoms with Gasteiger partial charge in [0.25, 0.3) is 11.8 Å².